The highest BCUT2D eigenvalue weighted by atomic mass is 35.5. The van der Waals surface area contributed by atoms with E-state index in [9.17, 15) is 4.39 Å². The van der Waals surface area contributed by atoms with Gasteiger partial charge in [-0.1, -0.05) is 30.1 Å². The fourth-order valence-corrected chi connectivity index (χ4v) is 3.51. The maximum absolute atomic E-state index is 14.1. The van der Waals surface area contributed by atoms with E-state index in [2.05, 4.69) is 12.2 Å². The first-order valence-corrected chi connectivity index (χ1v) is 8.04. The van der Waals surface area contributed by atoms with Crippen molar-refractivity contribution in [2.75, 3.05) is 6.54 Å². The molecule has 0 saturated heterocycles. The van der Waals surface area contributed by atoms with Gasteiger partial charge >= 0.3 is 0 Å². The van der Waals surface area contributed by atoms with E-state index in [-0.39, 0.29) is 11.9 Å². The smallest absolute Gasteiger partial charge is 0.128 e. The van der Waals surface area contributed by atoms with Gasteiger partial charge in [-0.05, 0) is 49.7 Å². The molecule has 0 bridgehead atoms. The van der Waals surface area contributed by atoms with Crippen LogP contribution in [0.15, 0.2) is 24.3 Å². The van der Waals surface area contributed by atoms with Gasteiger partial charge in [0, 0.05) is 15.5 Å². The predicted octanol–water partition coefficient (Wildman–Crippen LogP) is 5.59. The number of hydrogen-bond donors (Lipinski definition) is 1. The van der Waals surface area contributed by atoms with Crippen molar-refractivity contribution < 1.29 is 4.39 Å². The lowest BCUT2D eigenvalue weighted by Crippen LogP contribution is -2.23. The second kappa shape index (κ2) is 6.90. The van der Waals surface area contributed by atoms with Crippen LogP contribution in [0.1, 0.15) is 35.4 Å². The molecule has 0 saturated carbocycles. The van der Waals surface area contributed by atoms with Crippen molar-refractivity contribution in [3.8, 4) is 0 Å². The third kappa shape index (κ3) is 3.53. The van der Waals surface area contributed by atoms with Crippen LogP contribution in [0.2, 0.25) is 9.36 Å². The minimum atomic E-state index is -0.259. The molecule has 2 aromatic rings. The van der Waals surface area contributed by atoms with Crippen molar-refractivity contribution in [3.63, 3.8) is 0 Å². The Hall–Kier alpha value is -0.610. The quantitative estimate of drug-likeness (QED) is 0.752. The van der Waals surface area contributed by atoms with Gasteiger partial charge < -0.3 is 5.32 Å². The van der Waals surface area contributed by atoms with Gasteiger partial charge in [-0.15, -0.1) is 11.3 Å². The first kappa shape index (κ1) is 15.8. The van der Waals surface area contributed by atoms with E-state index in [1.165, 1.54) is 17.4 Å². The van der Waals surface area contributed by atoms with E-state index < -0.39 is 0 Å². The van der Waals surface area contributed by atoms with E-state index in [1.54, 1.807) is 12.1 Å². The summed E-state index contributed by atoms with van der Waals surface area (Å²) < 4.78 is 14.9. The molecule has 2 rings (SSSR count). The zero-order chi connectivity index (χ0) is 14.7. The molecule has 1 aromatic heterocycles. The van der Waals surface area contributed by atoms with Gasteiger partial charge in [-0.25, -0.2) is 4.39 Å². The Morgan fingerprint density at radius 3 is 2.65 bits per heavy atom. The van der Waals surface area contributed by atoms with E-state index >= 15 is 0 Å². The molecular weight excluding hydrogens is 316 g/mol. The lowest BCUT2D eigenvalue weighted by molar-refractivity contribution is 0.551. The van der Waals surface area contributed by atoms with Crippen LogP contribution < -0.4 is 5.32 Å². The number of aryl methyl sites for hydroxylation is 1. The molecule has 0 fully saturated rings. The van der Waals surface area contributed by atoms with Crippen molar-refractivity contribution in [3.05, 3.63) is 55.4 Å². The number of hydrogen-bond acceptors (Lipinski definition) is 2. The van der Waals surface area contributed by atoms with Crippen molar-refractivity contribution in [1.29, 1.82) is 0 Å². The lowest BCUT2D eigenvalue weighted by Gasteiger charge is -2.18. The minimum absolute atomic E-state index is 0.218. The topological polar surface area (TPSA) is 12.0 Å². The molecule has 1 atom stereocenters. The maximum Gasteiger partial charge on any atom is 0.128 e. The SMILES string of the molecule is CCCNC(c1cc(C)c(Cl)s1)c1cc(Cl)ccc1F. The Morgan fingerprint density at radius 1 is 1.30 bits per heavy atom. The Labute approximate surface area is 132 Å². The first-order chi connectivity index (χ1) is 9.52. The first-order valence-electron chi connectivity index (χ1n) is 6.47. The summed E-state index contributed by atoms with van der Waals surface area (Å²) in [6.07, 6.45) is 0.969. The highest BCUT2D eigenvalue weighted by molar-refractivity contribution is 7.16. The summed E-state index contributed by atoms with van der Waals surface area (Å²) in [5.74, 6) is -0.259. The Balaban J connectivity index is 2.43. The summed E-state index contributed by atoms with van der Waals surface area (Å²) in [5, 5.41) is 3.90. The summed E-state index contributed by atoms with van der Waals surface area (Å²) in [5.41, 5.74) is 1.57. The van der Waals surface area contributed by atoms with Crippen molar-refractivity contribution >= 4 is 34.5 Å². The normalized spacial score (nSPS) is 12.7. The van der Waals surface area contributed by atoms with Crippen LogP contribution in [0.5, 0.6) is 0 Å². The van der Waals surface area contributed by atoms with Crippen molar-refractivity contribution in [2.24, 2.45) is 0 Å². The fraction of sp³-hybridized carbons (Fsp3) is 0.333. The highest BCUT2D eigenvalue weighted by Gasteiger charge is 2.20. The third-order valence-corrected chi connectivity index (χ3v) is 4.88. The van der Waals surface area contributed by atoms with Crippen LogP contribution in [0.3, 0.4) is 0 Å². The Bertz CT molecular complexity index is 578. The molecule has 1 N–H and O–H groups in total. The van der Waals surface area contributed by atoms with Gasteiger partial charge in [-0.3, -0.25) is 0 Å². The fourth-order valence-electron chi connectivity index (χ4n) is 2.01. The van der Waals surface area contributed by atoms with Crippen LogP contribution >= 0.6 is 34.5 Å². The second-order valence-electron chi connectivity index (χ2n) is 4.66. The van der Waals surface area contributed by atoms with Gasteiger partial charge in [-0.2, -0.15) is 0 Å². The average Bonchev–Trinajstić information content (AvgIpc) is 2.74. The molecule has 0 amide bonds. The average molecular weight is 332 g/mol. The molecule has 5 heteroatoms. The van der Waals surface area contributed by atoms with Gasteiger partial charge in [0.2, 0.25) is 0 Å². The zero-order valence-corrected chi connectivity index (χ0v) is 13.7. The lowest BCUT2D eigenvalue weighted by atomic mass is 10.0. The summed E-state index contributed by atoms with van der Waals surface area (Å²) in [6.45, 7) is 4.82. The van der Waals surface area contributed by atoms with E-state index in [1.807, 2.05) is 13.0 Å². The summed E-state index contributed by atoms with van der Waals surface area (Å²) in [7, 11) is 0. The molecule has 1 nitrogen and oxygen atoms in total. The number of thiophene rings is 1. The highest BCUT2D eigenvalue weighted by Crippen LogP contribution is 2.35. The molecular formula is C15H16Cl2FNS. The zero-order valence-electron chi connectivity index (χ0n) is 11.3. The number of halogens is 3. The molecule has 1 heterocycles. The van der Waals surface area contributed by atoms with Gasteiger partial charge in [0.1, 0.15) is 5.82 Å². The molecule has 20 heavy (non-hydrogen) atoms. The predicted molar refractivity (Wildman–Crippen MR) is 85.6 cm³/mol. The second-order valence-corrected chi connectivity index (χ2v) is 6.78. The van der Waals surface area contributed by atoms with Crippen LogP contribution in [0, 0.1) is 12.7 Å². The van der Waals surface area contributed by atoms with E-state index in [0.717, 1.165) is 27.7 Å². The van der Waals surface area contributed by atoms with Crippen LogP contribution in [0.4, 0.5) is 4.39 Å². The number of benzene rings is 1. The maximum atomic E-state index is 14.1. The Morgan fingerprint density at radius 2 is 2.05 bits per heavy atom. The van der Waals surface area contributed by atoms with Gasteiger partial charge in [0.15, 0.2) is 0 Å². The largest absolute Gasteiger partial charge is 0.306 e. The summed E-state index contributed by atoms with van der Waals surface area (Å²) in [4.78, 5) is 1.00. The summed E-state index contributed by atoms with van der Waals surface area (Å²) >= 11 is 13.6. The van der Waals surface area contributed by atoms with Gasteiger partial charge in [0.05, 0.1) is 10.4 Å². The van der Waals surface area contributed by atoms with E-state index in [4.69, 9.17) is 23.2 Å². The monoisotopic (exact) mass is 331 g/mol. The van der Waals surface area contributed by atoms with Crippen LogP contribution in [-0.2, 0) is 0 Å². The number of nitrogens with one attached hydrogen (secondary N) is 1. The molecule has 108 valence electrons. The molecule has 0 radical (unpaired) electrons. The van der Waals surface area contributed by atoms with E-state index in [0.29, 0.717) is 10.6 Å². The molecule has 1 unspecified atom stereocenters. The number of rotatable bonds is 5. The minimum Gasteiger partial charge on any atom is -0.306 e. The molecule has 0 aliphatic heterocycles. The third-order valence-electron chi connectivity index (χ3n) is 3.03. The van der Waals surface area contributed by atoms with Crippen LogP contribution in [0.25, 0.3) is 0 Å². The summed E-state index contributed by atoms with van der Waals surface area (Å²) in [6, 6.07) is 6.42. The van der Waals surface area contributed by atoms with Crippen molar-refractivity contribution in [1.82, 2.24) is 5.32 Å². The van der Waals surface area contributed by atoms with Gasteiger partial charge in [0.25, 0.3) is 0 Å². The molecule has 0 spiro atoms. The Kier molecular flexibility index (Phi) is 5.44. The van der Waals surface area contributed by atoms with Crippen molar-refractivity contribution in [2.45, 2.75) is 26.3 Å². The molecule has 1 aromatic carbocycles. The molecule has 0 aliphatic carbocycles. The molecule has 0 aliphatic rings. The standard InChI is InChI=1S/C15H16Cl2FNS/c1-3-6-19-14(13-7-9(2)15(17)20-13)11-8-10(16)4-5-12(11)18/h4-5,7-8,14,19H,3,6H2,1-2H3. The van der Waals surface area contributed by atoms with Crippen LogP contribution in [-0.4, -0.2) is 6.54 Å².